The Morgan fingerprint density at radius 2 is 2.16 bits per heavy atom. The van der Waals surface area contributed by atoms with Gasteiger partial charge in [-0.25, -0.2) is 9.67 Å². The molecule has 0 unspecified atom stereocenters. The lowest BCUT2D eigenvalue weighted by Crippen LogP contribution is -2.33. The first-order valence-corrected chi connectivity index (χ1v) is 8.83. The predicted octanol–water partition coefficient (Wildman–Crippen LogP) is 2.82. The van der Waals surface area contributed by atoms with Crippen molar-refractivity contribution >= 4 is 28.8 Å². The van der Waals surface area contributed by atoms with Crippen LogP contribution in [0.5, 0.6) is 0 Å². The minimum atomic E-state index is -0.332. The highest BCUT2D eigenvalue weighted by atomic mass is 35.5. The fourth-order valence-corrected chi connectivity index (χ4v) is 3.30. The zero-order valence-electron chi connectivity index (χ0n) is 13.4. The van der Waals surface area contributed by atoms with Crippen LogP contribution < -0.4 is 10.9 Å². The monoisotopic (exact) mass is 374 g/mol. The molecule has 0 radical (unpaired) electrons. The Bertz CT molecular complexity index is 967. The van der Waals surface area contributed by atoms with Crippen molar-refractivity contribution in [2.24, 2.45) is 0 Å². The lowest BCUT2D eigenvalue weighted by Gasteiger charge is -2.05. The second-order valence-corrected chi connectivity index (χ2v) is 6.68. The number of rotatable bonds is 5. The van der Waals surface area contributed by atoms with Crippen molar-refractivity contribution in [3.63, 3.8) is 0 Å². The highest BCUT2D eigenvalue weighted by molar-refractivity contribution is 7.18. The zero-order valence-corrected chi connectivity index (χ0v) is 15.0. The highest BCUT2D eigenvalue weighted by Gasteiger charge is 2.11. The molecule has 3 rings (SSSR count). The molecule has 3 aromatic rings. The van der Waals surface area contributed by atoms with Gasteiger partial charge in [0.15, 0.2) is 0 Å². The molecule has 0 aliphatic heterocycles. The summed E-state index contributed by atoms with van der Waals surface area (Å²) in [5, 5.41) is 8.22. The molecule has 128 valence electrons. The summed E-state index contributed by atoms with van der Waals surface area (Å²) in [6, 6.07) is 10.5. The molecular weight excluding hydrogens is 360 g/mol. The van der Waals surface area contributed by atoms with Gasteiger partial charge in [-0.2, -0.15) is 5.10 Å². The minimum absolute atomic E-state index is 0.118. The number of likely N-dealkylation sites (N-methyl/N-ethyl adjacent to an activating group) is 1. The van der Waals surface area contributed by atoms with E-state index in [0.717, 1.165) is 15.1 Å². The Morgan fingerprint density at radius 1 is 1.32 bits per heavy atom. The number of carbonyl (C=O) groups excluding carboxylic acids is 1. The zero-order chi connectivity index (χ0) is 17.8. The molecule has 25 heavy (non-hydrogen) atoms. The summed E-state index contributed by atoms with van der Waals surface area (Å²) in [7, 11) is 0. The van der Waals surface area contributed by atoms with Crippen LogP contribution in [-0.4, -0.2) is 27.2 Å². The molecule has 6 nitrogen and oxygen atoms in total. The first-order chi connectivity index (χ1) is 12.1. The lowest BCUT2D eigenvalue weighted by molar-refractivity contribution is -0.121. The van der Waals surface area contributed by atoms with Gasteiger partial charge in [-0.05, 0) is 30.7 Å². The number of benzene rings is 1. The number of aromatic nitrogens is 3. The van der Waals surface area contributed by atoms with Gasteiger partial charge in [-0.15, -0.1) is 11.3 Å². The number of hydrogen-bond donors (Lipinski definition) is 1. The average molecular weight is 375 g/mol. The number of hydrogen-bond acceptors (Lipinski definition) is 5. The molecule has 2 heterocycles. The van der Waals surface area contributed by atoms with Crippen LogP contribution in [0.3, 0.4) is 0 Å². The average Bonchev–Trinajstić information content (AvgIpc) is 3.07. The number of nitrogens with zero attached hydrogens (tertiary/aromatic N) is 3. The molecule has 0 aliphatic carbocycles. The van der Waals surface area contributed by atoms with Gasteiger partial charge in [-0.1, -0.05) is 23.7 Å². The Kier molecular flexibility index (Phi) is 5.25. The minimum Gasteiger partial charge on any atom is -0.355 e. The van der Waals surface area contributed by atoms with E-state index in [1.54, 1.807) is 12.3 Å². The van der Waals surface area contributed by atoms with Crippen molar-refractivity contribution in [2.75, 3.05) is 6.54 Å². The quantitative estimate of drug-likeness (QED) is 0.745. The SMILES string of the molecule is CCNC(=O)Cn1nc(-c2ncc(-c3cccc(Cl)c3)s2)ccc1=O. The van der Waals surface area contributed by atoms with Crippen LogP contribution in [0.15, 0.2) is 47.4 Å². The van der Waals surface area contributed by atoms with Crippen LogP contribution in [-0.2, 0) is 11.3 Å². The van der Waals surface area contributed by atoms with Gasteiger partial charge < -0.3 is 5.32 Å². The third-order valence-electron chi connectivity index (χ3n) is 3.37. The van der Waals surface area contributed by atoms with Crippen molar-refractivity contribution in [1.29, 1.82) is 0 Å². The first kappa shape index (κ1) is 17.3. The number of nitrogens with one attached hydrogen (secondary N) is 1. The van der Waals surface area contributed by atoms with E-state index in [9.17, 15) is 9.59 Å². The summed E-state index contributed by atoms with van der Waals surface area (Å²) in [5.74, 6) is -0.256. The largest absolute Gasteiger partial charge is 0.355 e. The third kappa shape index (κ3) is 4.12. The van der Waals surface area contributed by atoms with Crippen molar-refractivity contribution in [1.82, 2.24) is 20.1 Å². The molecule has 8 heteroatoms. The maximum atomic E-state index is 11.9. The fourth-order valence-electron chi connectivity index (χ4n) is 2.23. The Labute approximate surface area is 153 Å². The van der Waals surface area contributed by atoms with Crippen molar-refractivity contribution < 1.29 is 4.79 Å². The van der Waals surface area contributed by atoms with Crippen LogP contribution >= 0.6 is 22.9 Å². The van der Waals surface area contributed by atoms with Crippen LogP contribution in [0, 0.1) is 0 Å². The van der Waals surface area contributed by atoms with E-state index in [1.165, 1.54) is 17.4 Å². The van der Waals surface area contributed by atoms with Gasteiger partial charge >= 0.3 is 0 Å². The second-order valence-electron chi connectivity index (χ2n) is 5.21. The molecule has 0 spiro atoms. The maximum absolute atomic E-state index is 11.9. The summed E-state index contributed by atoms with van der Waals surface area (Å²) in [6.45, 7) is 2.20. The fraction of sp³-hybridized carbons (Fsp3) is 0.176. The molecule has 2 aromatic heterocycles. The summed E-state index contributed by atoms with van der Waals surface area (Å²) in [5.41, 5.74) is 1.18. The van der Waals surface area contributed by atoms with E-state index in [1.807, 2.05) is 31.2 Å². The lowest BCUT2D eigenvalue weighted by atomic mass is 10.2. The standard InChI is InChI=1S/C17H15ClN4O2S/c1-2-19-15(23)10-22-16(24)7-6-13(21-22)17-20-9-14(25-17)11-4-3-5-12(18)8-11/h3-9H,2,10H2,1H3,(H,19,23). The summed E-state index contributed by atoms with van der Waals surface area (Å²) in [6.07, 6.45) is 1.74. The van der Waals surface area contributed by atoms with Gasteiger partial charge in [0.1, 0.15) is 17.2 Å². The van der Waals surface area contributed by atoms with Crippen LogP contribution in [0.25, 0.3) is 21.1 Å². The van der Waals surface area contributed by atoms with E-state index in [4.69, 9.17) is 11.6 Å². The molecule has 0 atom stereocenters. The molecular formula is C17H15ClN4O2S. The normalized spacial score (nSPS) is 10.6. The summed E-state index contributed by atoms with van der Waals surface area (Å²) in [4.78, 5) is 28.9. The van der Waals surface area contributed by atoms with E-state index in [0.29, 0.717) is 22.3 Å². The number of amides is 1. The first-order valence-electron chi connectivity index (χ1n) is 7.64. The molecule has 1 N–H and O–H groups in total. The number of carbonyl (C=O) groups is 1. The maximum Gasteiger partial charge on any atom is 0.267 e. The van der Waals surface area contributed by atoms with E-state index < -0.39 is 0 Å². The number of halogens is 1. The molecule has 0 bridgehead atoms. The Morgan fingerprint density at radius 3 is 2.92 bits per heavy atom. The Balaban J connectivity index is 1.90. The van der Waals surface area contributed by atoms with Gasteiger partial charge in [0.05, 0.1) is 4.88 Å². The Hall–Kier alpha value is -2.51. The highest BCUT2D eigenvalue weighted by Crippen LogP contribution is 2.31. The van der Waals surface area contributed by atoms with Crippen molar-refractivity contribution in [3.8, 4) is 21.1 Å². The molecule has 0 fully saturated rings. The van der Waals surface area contributed by atoms with Crippen LogP contribution in [0.2, 0.25) is 5.02 Å². The van der Waals surface area contributed by atoms with Crippen LogP contribution in [0.4, 0.5) is 0 Å². The van der Waals surface area contributed by atoms with Gasteiger partial charge in [0, 0.05) is 23.8 Å². The summed E-state index contributed by atoms with van der Waals surface area (Å²) >= 11 is 7.47. The molecule has 0 aliphatic rings. The van der Waals surface area contributed by atoms with Crippen molar-refractivity contribution in [3.05, 3.63) is 58.0 Å². The van der Waals surface area contributed by atoms with E-state index in [2.05, 4.69) is 15.4 Å². The molecule has 0 saturated carbocycles. The third-order valence-corrected chi connectivity index (χ3v) is 4.67. The predicted molar refractivity (Wildman–Crippen MR) is 98.7 cm³/mol. The van der Waals surface area contributed by atoms with E-state index >= 15 is 0 Å². The van der Waals surface area contributed by atoms with Gasteiger partial charge in [-0.3, -0.25) is 9.59 Å². The topological polar surface area (TPSA) is 76.9 Å². The smallest absolute Gasteiger partial charge is 0.267 e. The second kappa shape index (κ2) is 7.58. The molecule has 1 amide bonds. The molecule has 1 aromatic carbocycles. The van der Waals surface area contributed by atoms with Gasteiger partial charge in [0.2, 0.25) is 5.91 Å². The molecule has 0 saturated heterocycles. The number of thiazole rings is 1. The van der Waals surface area contributed by atoms with Crippen LogP contribution in [0.1, 0.15) is 6.92 Å². The summed E-state index contributed by atoms with van der Waals surface area (Å²) < 4.78 is 1.14. The van der Waals surface area contributed by atoms with Gasteiger partial charge in [0.25, 0.3) is 5.56 Å². The van der Waals surface area contributed by atoms with Crippen molar-refractivity contribution in [2.45, 2.75) is 13.5 Å². The van der Waals surface area contributed by atoms with E-state index in [-0.39, 0.29) is 18.0 Å².